The number of carbonyl (C=O) groups is 3. The van der Waals surface area contributed by atoms with Gasteiger partial charge in [-0.15, -0.1) is 0 Å². The van der Waals surface area contributed by atoms with Crippen LogP contribution in [-0.4, -0.2) is 71.8 Å². The maximum absolute atomic E-state index is 13.0. The third-order valence-electron chi connectivity index (χ3n) is 7.15. The lowest BCUT2D eigenvalue weighted by molar-refractivity contribution is -0.173. The molecular weight excluding hydrogens is 408 g/mol. The molecule has 0 radical (unpaired) electrons. The molecule has 0 spiro atoms. The summed E-state index contributed by atoms with van der Waals surface area (Å²) in [6.45, 7) is 12.3. The lowest BCUT2D eigenvalue weighted by Gasteiger charge is -2.33. The first kappa shape index (κ1) is 20.7. The zero-order chi connectivity index (χ0) is 22.5. The van der Waals surface area contributed by atoms with Gasteiger partial charge in [-0.1, -0.05) is 12.7 Å². The van der Waals surface area contributed by atoms with Crippen molar-refractivity contribution in [1.82, 2.24) is 0 Å². The molecule has 4 saturated heterocycles. The zero-order valence-electron chi connectivity index (χ0n) is 18.1. The molecule has 1 unspecified atom stereocenters. The van der Waals surface area contributed by atoms with E-state index < -0.39 is 59.4 Å². The molecule has 9 nitrogen and oxygen atoms in total. The van der Waals surface area contributed by atoms with Gasteiger partial charge in [0.2, 0.25) is 0 Å². The number of carbonyl (C=O) groups excluding carboxylic acids is 3. The molecule has 31 heavy (non-hydrogen) atoms. The van der Waals surface area contributed by atoms with E-state index in [9.17, 15) is 14.4 Å². The molecule has 4 fully saturated rings. The van der Waals surface area contributed by atoms with Crippen LogP contribution in [0.15, 0.2) is 23.8 Å². The lowest BCUT2D eigenvalue weighted by Crippen LogP contribution is -2.48. The second kappa shape index (κ2) is 6.40. The summed E-state index contributed by atoms with van der Waals surface area (Å²) < 4.78 is 34.3. The maximum Gasteiger partial charge on any atom is 0.341 e. The maximum atomic E-state index is 13.0. The summed E-state index contributed by atoms with van der Waals surface area (Å²) in [5.41, 5.74) is -0.931. The van der Waals surface area contributed by atoms with Gasteiger partial charge in [0.25, 0.3) is 0 Å². The molecule has 5 rings (SSSR count). The van der Waals surface area contributed by atoms with Crippen LogP contribution in [0.1, 0.15) is 34.6 Å². The van der Waals surface area contributed by atoms with Crippen LogP contribution in [0, 0.1) is 5.92 Å². The molecule has 10 atom stereocenters. The summed E-state index contributed by atoms with van der Waals surface area (Å²) in [5.74, 6) is -2.50. The van der Waals surface area contributed by atoms with Gasteiger partial charge in [-0.3, -0.25) is 4.79 Å². The lowest BCUT2D eigenvalue weighted by atomic mass is 9.80. The number of rotatable bonds is 3. The fourth-order valence-electron chi connectivity index (χ4n) is 4.88. The summed E-state index contributed by atoms with van der Waals surface area (Å²) in [5, 5.41) is 0. The van der Waals surface area contributed by atoms with Crippen LogP contribution >= 0.6 is 0 Å². The van der Waals surface area contributed by atoms with E-state index in [2.05, 4.69) is 6.58 Å². The monoisotopic (exact) mass is 434 g/mol. The fourth-order valence-corrected chi connectivity index (χ4v) is 4.88. The average Bonchev–Trinajstić information content (AvgIpc) is 3.61. The Hall–Kier alpha value is -2.23. The first-order chi connectivity index (χ1) is 14.5. The quantitative estimate of drug-likeness (QED) is 0.211. The number of esters is 3. The molecule has 1 aliphatic carbocycles. The predicted molar refractivity (Wildman–Crippen MR) is 103 cm³/mol. The van der Waals surface area contributed by atoms with Crippen molar-refractivity contribution < 1.29 is 42.8 Å². The average molecular weight is 434 g/mol. The fraction of sp³-hybridized carbons (Fsp3) is 0.682. The minimum atomic E-state index is -1.09. The molecule has 0 aromatic rings. The SMILES string of the molecule is C=C1C(=O)O[C@H]2C1[C@H](OC(=O)[C@@]1(C)O[C@H]1C)[C@@H](OC(C)=O)C(C)=C[C@H]1O[C@H]1[C@@]1(C)O[C@H]21. The highest BCUT2D eigenvalue weighted by Crippen LogP contribution is 2.55. The van der Waals surface area contributed by atoms with Crippen LogP contribution < -0.4 is 0 Å². The molecular formula is C22H26O9. The van der Waals surface area contributed by atoms with E-state index in [0.29, 0.717) is 5.57 Å². The highest BCUT2D eigenvalue weighted by Gasteiger charge is 2.73. The Balaban J connectivity index is 1.58. The van der Waals surface area contributed by atoms with Gasteiger partial charge in [0.15, 0.2) is 17.8 Å². The van der Waals surface area contributed by atoms with Crippen molar-refractivity contribution in [2.45, 2.75) is 88.5 Å². The first-order valence-electron chi connectivity index (χ1n) is 10.4. The van der Waals surface area contributed by atoms with Crippen molar-refractivity contribution in [3.63, 3.8) is 0 Å². The summed E-state index contributed by atoms with van der Waals surface area (Å²) in [6.07, 6.45) is -2.08. The Kier molecular flexibility index (Phi) is 4.26. The van der Waals surface area contributed by atoms with Crippen molar-refractivity contribution in [2.24, 2.45) is 5.92 Å². The molecule has 0 aromatic heterocycles. The van der Waals surface area contributed by atoms with E-state index in [0.717, 1.165) is 0 Å². The molecule has 0 saturated carbocycles. The molecule has 4 aliphatic heterocycles. The van der Waals surface area contributed by atoms with E-state index in [4.69, 9.17) is 28.4 Å². The highest BCUT2D eigenvalue weighted by molar-refractivity contribution is 5.91. The number of ether oxygens (including phenoxy) is 6. The van der Waals surface area contributed by atoms with Gasteiger partial charge in [-0.25, -0.2) is 9.59 Å². The van der Waals surface area contributed by atoms with E-state index in [1.165, 1.54) is 6.92 Å². The van der Waals surface area contributed by atoms with Gasteiger partial charge >= 0.3 is 17.9 Å². The van der Waals surface area contributed by atoms with Crippen LogP contribution in [0.3, 0.4) is 0 Å². The van der Waals surface area contributed by atoms with Gasteiger partial charge in [0, 0.05) is 12.5 Å². The molecule has 5 aliphatic rings. The summed E-state index contributed by atoms with van der Waals surface area (Å²) in [7, 11) is 0. The Morgan fingerprint density at radius 3 is 2.45 bits per heavy atom. The number of fused-ring (bicyclic) bond motifs is 5. The van der Waals surface area contributed by atoms with E-state index in [1.54, 1.807) is 20.8 Å². The summed E-state index contributed by atoms with van der Waals surface area (Å²) in [4.78, 5) is 37.5. The minimum Gasteiger partial charge on any atom is -0.455 e. The van der Waals surface area contributed by atoms with Crippen molar-refractivity contribution in [1.29, 1.82) is 0 Å². The van der Waals surface area contributed by atoms with Gasteiger partial charge in [-0.05, 0) is 33.3 Å². The third-order valence-corrected chi connectivity index (χ3v) is 7.15. The van der Waals surface area contributed by atoms with Crippen LogP contribution in [0.25, 0.3) is 0 Å². The van der Waals surface area contributed by atoms with Crippen molar-refractivity contribution in [2.75, 3.05) is 0 Å². The first-order valence-corrected chi connectivity index (χ1v) is 10.4. The molecule has 9 heteroatoms. The van der Waals surface area contributed by atoms with Gasteiger partial charge in [0.05, 0.1) is 12.0 Å². The van der Waals surface area contributed by atoms with Crippen LogP contribution in [0.4, 0.5) is 0 Å². The largest absolute Gasteiger partial charge is 0.455 e. The molecule has 4 heterocycles. The Labute approximate surface area is 179 Å². The van der Waals surface area contributed by atoms with Crippen LogP contribution in [-0.2, 0) is 42.8 Å². The predicted octanol–water partition coefficient (Wildman–Crippen LogP) is 0.990. The van der Waals surface area contributed by atoms with E-state index in [1.807, 2.05) is 13.0 Å². The van der Waals surface area contributed by atoms with Crippen LogP contribution in [0.5, 0.6) is 0 Å². The standard InChI is InChI=1S/C22H26O9/c1-8-7-12-17(27-12)22(6)18(31-22)16-13(9(2)19(24)28-16)15(14(8)26-11(4)23)29-20(25)21(5)10(3)30-21/h7,10,12-18H,2H2,1,3-6H3/t10-,12+,13?,14-,15-,16-,17+,18+,21-,22+/m0/s1. The number of hydrogen-bond donors (Lipinski definition) is 0. The number of epoxide rings is 3. The summed E-state index contributed by atoms with van der Waals surface area (Å²) in [6, 6.07) is 0. The van der Waals surface area contributed by atoms with E-state index >= 15 is 0 Å². The second-order valence-corrected chi connectivity index (χ2v) is 9.34. The van der Waals surface area contributed by atoms with Crippen molar-refractivity contribution >= 4 is 17.9 Å². The number of hydrogen-bond acceptors (Lipinski definition) is 9. The second-order valence-electron chi connectivity index (χ2n) is 9.34. The van der Waals surface area contributed by atoms with Crippen LogP contribution in [0.2, 0.25) is 0 Å². The zero-order valence-corrected chi connectivity index (χ0v) is 18.1. The molecule has 168 valence electrons. The Bertz CT molecular complexity index is 924. The van der Waals surface area contributed by atoms with E-state index in [-0.39, 0.29) is 23.9 Å². The van der Waals surface area contributed by atoms with Gasteiger partial charge < -0.3 is 28.4 Å². The molecule has 0 aromatic carbocycles. The van der Waals surface area contributed by atoms with Gasteiger partial charge in [-0.2, -0.15) is 0 Å². The Morgan fingerprint density at radius 1 is 1.16 bits per heavy atom. The highest BCUT2D eigenvalue weighted by atomic mass is 16.7. The Morgan fingerprint density at radius 2 is 1.84 bits per heavy atom. The molecule has 0 bridgehead atoms. The van der Waals surface area contributed by atoms with Crippen molar-refractivity contribution in [3.8, 4) is 0 Å². The topological polar surface area (TPSA) is 116 Å². The molecule has 0 N–H and O–H groups in total. The van der Waals surface area contributed by atoms with Gasteiger partial charge in [0.1, 0.15) is 30.0 Å². The minimum absolute atomic E-state index is 0.148. The third kappa shape index (κ3) is 3.05. The molecule has 0 amide bonds. The van der Waals surface area contributed by atoms with Crippen molar-refractivity contribution in [3.05, 3.63) is 23.8 Å². The normalized spacial score (nSPS) is 49.5. The smallest absolute Gasteiger partial charge is 0.341 e. The summed E-state index contributed by atoms with van der Waals surface area (Å²) >= 11 is 0.